The van der Waals surface area contributed by atoms with Gasteiger partial charge in [0.25, 0.3) is 0 Å². The Morgan fingerprint density at radius 1 is 1.25 bits per heavy atom. The maximum Gasteiger partial charge on any atom is 0.240 e. The lowest BCUT2D eigenvalue weighted by molar-refractivity contribution is 0.472. The van der Waals surface area contributed by atoms with Crippen molar-refractivity contribution in [3.8, 4) is 5.75 Å². The van der Waals surface area contributed by atoms with Gasteiger partial charge in [-0.3, -0.25) is 0 Å². The Morgan fingerprint density at radius 2 is 1.94 bits per heavy atom. The van der Waals surface area contributed by atoms with E-state index in [1.54, 1.807) is 0 Å². The molecule has 2 N–H and O–H groups in total. The van der Waals surface area contributed by atoms with Gasteiger partial charge >= 0.3 is 0 Å². The molecule has 0 saturated carbocycles. The molecule has 0 amide bonds. The minimum Gasteiger partial charge on any atom is -0.508 e. The Bertz CT molecular complexity index is 500. The van der Waals surface area contributed by atoms with E-state index >= 15 is 0 Å². The van der Waals surface area contributed by atoms with Crippen molar-refractivity contribution in [1.29, 1.82) is 0 Å². The summed E-state index contributed by atoms with van der Waals surface area (Å²) in [6.07, 6.45) is 5.35. The molecule has 1 aromatic rings. The zero-order valence-corrected chi connectivity index (χ0v) is 9.44. The van der Waals surface area contributed by atoms with Crippen LogP contribution in [-0.4, -0.2) is 19.6 Å². The molecule has 0 atom stereocenters. The number of hydrogen-bond acceptors (Lipinski definition) is 3. The van der Waals surface area contributed by atoms with Crippen LogP contribution in [0.2, 0.25) is 0 Å². The van der Waals surface area contributed by atoms with Crippen LogP contribution in [0.4, 0.5) is 0 Å². The van der Waals surface area contributed by atoms with E-state index in [-0.39, 0.29) is 16.7 Å². The van der Waals surface area contributed by atoms with Crippen LogP contribution in [0.1, 0.15) is 12.8 Å². The molecule has 0 aromatic heterocycles. The van der Waals surface area contributed by atoms with Crippen molar-refractivity contribution in [3.63, 3.8) is 0 Å². The summed E-state index contributed by atoms with van der Waals surface area (Å²) in [5.41, 5.74) is 0. The summed E-state index contributed by atoms with van der Waals surface area (Å²) >= 11 is 0. The highest BCUT2D eigenvalue weighted by Crippen LogP contribution is 2.18. The Labute approximate surface area is 94.7 Å². The smallest absolute Gasteiger partial charge is 0.240 e. The number of sulfonamides is 1. The number of aromatic hydroxyl groups is 1. The third kappa shape index (κ3) is 2.43. The lowest BCUT2D eigenvalue weighted by Crippen LogP contribution is -2.32. The summed E-state index contributed by atoms with van der Waals surface area (Å²) in [4.78, 5) is 0.0967. The topological polar surface area (TPSA) is 66.4 Å². The fourth-order valence-corrected chi connectivity index (χ4v) is 2.95. The number of phenolic OH excluding ortho intramolecular Hbond substituents is 1. The van der Waals surface area contributed by atoms with Crippen LogP contribution in [0.3, 0.4) is 0 Å². The second-order valence-corrected chi connectivity index (χ2v) is 5.47. The number of nitrogens with one attached hydrogen (secondary N) is 1. The fraction of sp³-hybridized carbons (Fsp3) is 0.273. The number of hydrogen-bond donors (Lipinski definition) is 2. The molecular formula is C11H13NO3S. The summed E-state index contributed by atoms with van der Waals surface area (Å²) in [7, 11) is -3.52. The standard InChI is InChI=1S/C11H13NO3S/c13-10-6-3-7-11(8-10)16(14,15)12-9-4-1-2-5-9/h1-3,6-9,12-13H,4-5H2. The van der Waals surface area contributed by atoms with E-state index in [9.17, 15) is 13.5 Å². The van der Waals surface area contributed by atoms with Crippen molar-refractivity contribution >= 4 is 10.0 Å². The molecule has 0 aliphatic heterocycles. The Morgan fingerprint density at radius 3 is 2.56 bits per heavy atom. The highest BCUT2D eigenvalue weighted by Gasteiger charge is 2.20. The predicted octanol–water partition coefficient (Wildman–Crippen LogP) is 1.39. The third-order valence-corrected chi connectivity index (χ3v) is 3.98. The minimum atomic E-state index is -3.52. The molecule has 0 heterocycles. The Kier molecular flexibility index (Phi) is 2.98. The second kappa shape index (κ2) is 4.27. The molecule has 1 aliphatic rings. The molecule has 0 saturated heterocycles. The van der Waals surface area contributed by atoms with Gasteiger partial charge in [-0.1, -0.05) is 18.2 Å². The van der Waals surface area contributed by atoms with E-state index in [4.69, 9.17) is 0 Å². The zero-order chi connectivity index (χ0) is 11.6. The average molecular weight is 239 g/mol. The molecule has 0 unspecified atom stereocenters. The van der Waals surface area contributed by atoms with Gasteiger partial charge in [-0.25, -0.2) is 13.1 Å². The molecule has 2 rings (SSSR count). The third-order valence-electron chi connectivity index (χ3n) is 2.46. The quantitative estimate of drug-likeness (QED) is 0.783. The predicted molar refractivity (Wildman–Crippen MR) is 60.6 cm³/mol. The summed E-state index contributed by atoms with van der Waals surface area (Å²) < 4.78 is 26.4. The maximum atomic E-state index is 11.9. The largest absolute Gasteiger partial charge is 0.508 e. The number of benzene rings is 1. The van der Waals surface area contributed by atoms with Gasteiger partial charge in [0.15, 0.2) is 0 Å². The molecule has 1 aromatic carbocycles. The molecule has 86 valence electrons. The SMILES string of the molecule is O=S(=O)(NC1CC=CC1)c1cccc(O)c1. The van der Waals surface area contributed by atoms with Gasteiger partial charge in [-0.2, -0.15) is 0 Å². The molecule has 0 spiro atoms. The Hall–Kier alpha value is -1.33. The molecule has 4 nitrogen and oxygen atoms in total. The van der Waals surface area contributed by atoms with E-state index in [0.29, 0.717) is 0 Å². The molecule has 5 heteroatoms. The fourth-order valence-electron chi connectivity index (χ4n) is 1.65. The molecule has 1 aliphatic carbocycles. The van der Waals surface area contributed by atoms with Crippen molar-refractivity contribution in [2.45, 2.75) is 23.8 Å². The van der Waals surface area contributed by atoms with Gasteiger partial charge in [0.05, 0.1) is 4.90 Å². The highest BCUT2D eigenvalue weighted by atomic mass is 32.2. The van der Waals surface area contributed by atoms with Crippen LogP contribution in [0.25, 0.3) is 0 Å². The first-order valence-electron chi connectivity index (χ1n) is 5.04. The lowest BCUT2D eigenvalue weighted by atomic mass is 10.3. The van der Waals surface area contributed by atoms with Gasteiger partial charge in [-0.05, 0) is 31.0 Å². The lowest BCUT2D eigenvalue weighted by Gasteiger charge is -2.12. The van der Waals surface area contributed by atoms with E-state index < -0.39 is 10.0 Å². The zero-order valence-electron chi connectivity index (χ0n) is 8.63. The first kappa shape index (κ1) is 11.2. The summed E-state index contributed by atoms with van der Waals surface area (Å²) in [6.45, 7) is 0. The van der Waals surface area contributed by atoms with Gasteiger partial charge in [0.1, 0.15) is 5.75 Å². The maximum absolute atomic E-state index is 11.9. The van der Waals surface area contributed by atoms with Gasteiger partial charge in [0, 0.05) is 6.04 Å². The molecule has 0 bridgehead atoms. The normalized spacial score (nSPS) is 16.8. The second-order valence-electron chi connectivity index (χ2n) is 3.76. The summed E-state index contributed by atoms with van der Waals surface area (Å²) in [5.74, 6) is -0.0487. The van der Waals surface area contributed by atoms with Gasteiger partial charge in [0.2, 0.25) is 10.0 Å². The van der Waals surface area contributed by atoms with Crippen molar-refractivity contribution in [1.82, 2.24) is 4.72 Å². The van der Waals surface area contributed by atoms with Gasteiger partial charge in [-0.15, -0.1) is 0 Å². The van der Waals surface area contributed by atoms with E-state index in [1.807, 2.05) is 12.2 Å². The van der Waals surface area contributed by atoms with E-state index in [1.165, 1.54) is 24.3 Å². The number of phenols is 1. The van der Waals surface area contributed by atoms with Crippen LogP contribution in [-0.2, 0) is 10.0 Å². The van der Waals surface area contributed by atoms with Crippen LogP contribution in [0.5, 0.6) is 5.75 Å². The summed E-state index contributed by atoms with van der Waals surface area (Å²) in [5, 5.41) is 9.23. The summed E-state index contributed by atoms with van der Waals surface area (Å²) in [6, 6.07) is 5.59. The van der Waals surface area contributed by atoms with Gasteiger partial charge < -0.3 is 5.11 Å². The average Bonchev–Trinajstić information content (AvgIpc) is 2.70. The van der Waals surface area contributed by atoms with Crippen LogP contribution < -0.4 is 4.72 Å². The van der Waals surface area contributed by atoms with E-state index in [0.717, 1.165) is 12.8 Å². The highest BCUT2D eigenvalue weighted by molar-refractivity contribution is 7.89. The monoisotopic (exact) mass is 239 g/mol. The van der Waals surface area contributed by atoms with Crippen molar-refractivity contribution < 1.29 is 13.5 Å². The number of rotatable bonds is 3. The first-order chi connectivity index (χ1) is 7.58. The van der Waals surface area contributed by atoms with Crippen LogP contribution in [0, 0.1) is 0 Å². The molecule has 0 radical (unpaired) electrons. The first-order valence-corrected chi connectivity index (χ1v) is 6.52. The molecule has 0 fully saturated rings. The van der Waals surface area contributed by atoms with Crippen molar-refractivity contribution in [2.75, 3.05) is 0 Å². The van der Waals surface area contributed by atoms with Crippen LogP contribution >= 0.6 is 0 Å². The van der Waals surface area contributed by atoms with Crippen LogP contribution in [0.15, 0.2) is 41.3 Å². The minimum absolute atomic E-state index is 0.0487. The Balaban J connectivity index is 2.18. The molecular weight excluding hydrogens is 226 g/mol. The van der Waals surface area contributed by atoms with Crippen molar-refractivity contribution in [2.24, 2.45) is 0 Å². The van der Waals surface area contributed by atoms with Crippen molar-refractivity contribution in [3.05, 3.63) is 36.4 Å². The van der Waals surface area contributed by atoms with E-state index in [2.05, 4.69) is 4.72 Å². The molecule has 16 heavy (non-hydrogen) atoms.